The number of nitrogens with zero attached hydrogens (tertiary/aromatic N) is 1. The van der Waals surface area contributed by atoms with Crippen molar-refractivity contribution in [3.05, 3.63) is 65.4 Å². The molecular weight excluding hydrogens is 290 g/mol. The molecule has 0 bridgehead atoms. The highest BCUT2D eigenvalue weighted by molar-refractivity contribution is 7.16. The van der Waals surface area contributed by atoms with E-state index < -0.39 is 0 Å². The largest absolute Gasteiger partial charge is 0.464 e. The third-order valence-corrected chi connectivity index (χ3v) is 4.08. The molecule has 3 aromatic heterocycles. The second-order valence-corrected chi connectivity index (χ2v) is 5.58. The van der Waals surface area contributed by atoms with Crippen molar-refractivity contribution in [3.8, 4) is 0 Å². The van der Waals surface area contributed by atoms with Crippen LogP contribution in [0.1, 0.15) is 25.0 Å². The molecule has 3 heteroatoms. The lowest BCUT2D eigenvalue weighted by Gasteiger charge is -1.90. The molecule has 0 aliphatic heterocycles. The summed E-state index contributed by atoms with van der Waals surface area (Å²) in [5.41, 5.74) is 3.51. The van der Waals surface area contributed by atoms with E-state index in [2.05, 4.69) is 23.4 Å². The minimum atomic E-state index is 1.00. The van der Waals surface area contributed by atoms with Gasteiger partial charge in [-0.25, -0.2) is 4.98 Å². The van der Waals surface area contributed by atoms with Crippen LogP contribution in [0.2, 0.25) is 0 Å². The van der Waals surface area contributed by atoms with Gasteiger partial charge in [-0.3, -0.25) is 0 Å². The molecule has 1 aromatic carbocycles. The molecule has 0 atom stereocenters. The van der Waals surface area contributed by atoms with E-state index in [0.717, 1.165) is 10.4 Å². The zero-order valence-electron chi connectivity index (χ0n) is 13.5. The quantitative estimate of drug-likeness (QED) is 0.377. The maximum Gasteiger partial charge on any atom is 0.136 e. The molecule has 4 rings (SSSR count). The lowest BCUT2D eigenvalue weighted by molar-refractivity contribution is 0.613. The number of hydrogen-bond donors (Lipinski definition) is 0. The molecule has 2 nitrogen and oxygen atoms in total. The van der Waals surface area contributed by atoms with E-state index in [1.807, 2.05) is 57.3 Å². The maximum atomic E-state index is 5.25. The zero-order valence-corrected chi connectivity index (χ0v) is 14.3. The van der Waals surface area contributed by atoms with Gasteiger partial charge in [0.1, 0.15) is 10.4 Å². The molecule has 0 saturated heterocycles. The predicted octanol–water partition coefficient (Wildman–Crippen LogP) is 6.37. The topological polar surface area (TPSA) is 26.0 Å². The summed E-state index contributed by atoms with van der Waals surface area (Å²) in [6.45, 7) is 8.16. The highest BCUT2D eigenvalue weighted by Crippen LogP contribution is 2.20. The molecule has 0 unspecified atom stereocenters. The van der Waals surface area contributed by atoms with Gasteiger partial charge in [0, 0.05) is 17.0 Å². The highest BCUT2D eigenvalue weighted by atomic mass is 32.1. The lowest BCUT2D eigenvalue weighted by atomic mass is 10.2. The van der Waals surface area contributed by atoms with Crippen molar-refractivity contribution >= 4 is 32.5 Å². The molecule has 0 saturated carbocycles. The van der Waals surface area contributed by atoms with Crippen molar-refractivity contribution in [1.82, 2.24) is 4.98 Å². The van der Waals surface area contributed by atoms with E-state index in [4.69, 9.17) is 4.42 Å². The molecule has 4 aromatic rings. The van der Waals surface area contributed by atoms with Crippen molar-refractivity contribution in [2.75, 3.05) is 0 Å². The van der Waals surface area contributed by atoms with Gasteiger partial charge in [-0.15, -0.1) is 11.3 Å². The van der Waals surface area contributed by atoms with Crippen LogP contribution in [0.5, 0.6) is 0 Å². The Morgan fingerprint density at radius 2 is 1.77 bits per heavy atom. The Morgan fingerprint density at radius 1 is 0.955 bits per heavy atom. The van der Waals surface area contributed by atoms with Crippen LogP contribution in [-0.4, -0.2) is 4.98 Å². The van der Waals surface area contributed by atoms with E-state index in [0.29, 0.717) is 0 Å². The fourth-order valence-corrected chi connectivity index (χ4v) is 2.96. The number of para-hydroxylation sites is 1. The summed E-state index contributed by atoms with van der Waals surface area (Å²) >= 11 is 1.69. The van der Waals surface area contributed by atoms with Gasteiger partial charge in [0.05, 0.1) is 6.26 Å². The zero-order chi connectivity index (χ0) is 15.9. The highest BCUT2D eigenvalue weighted by Gasteiger charge is 1.97. The summed E-state index contributed by atoms with van der Waals surface area (Å²) in [5.74, 6) is 0. The van der Waals surface area contributed by atoms with Crippen molar-refractivity contribution in [3.63, 3.8) is 0 Å². The van der Waals surface area contributed by atoms with E-state index in [9.17, 15) is 0 Å². The van der Waals surface area contributed by atoms with Gasteiger partial charge in [0.2, 0.25) is 0 Å². The number of furan rings is 1. The Kier molecular flexibility index (Phi) is 5.73. The van der Waals surface area contributed by atoms with E-state index in [-0.39, 0.29) is 0 Å². The average molecular weight is 311 g/mol. The first-order chi connectivity index (χ1) is 10.8. The van der Waals surface area contributed by atoms with Gasteiger partial charge >= 0.3 is 0 Å². The van der Waals surface area contributed by atoms with Crippen LogP contribution in [0.15, 0.2) is 58.7 Å². The molecule has 0 radical (unpaired) electrons. The van der Waals surface area contributed by atoms with Crippen molar-refractivity contribution in [1.29, 1.82) is 0 Å². The normalized spacial score (nSPS) is 9.82. The van der Waals surface area contributed by atoms with E-state index in [1.54, 1.807) is 17.6 Å². The number of hydrogen-bond acceptors (Lipinski definition) is 3. The molecule has 0 N–H and O–H groups in total. The molecule has 0 fully saturated rings. The molecule has 0 aliphatic rings. The van der Waals surface area contributed by atoms with Crippen LogP contribution in [0.3, 0.4) is 0 Å². The van der Waals surface area contributed by atoms with Gasteiger partial charge in [0.25, 0.3) is 0 Å². The van der Waals surface area contributed by atoms with Crippen molar-refractivity contribution in [2.24, 2.45) is 0 Å². The SMILES string of the molecule is CC.Cc1cccc2ccoc12.Cc1ccnc2sccc12. The van der Waals surface area contributed by atoms with Gasteiger partial charge in [-0.1, -0.05) is 32.0 Å². The number of rotatable bonds is 0. The molecule has 0 amide bonds. The van der Waals surface area contributed by atoms with E-state index >= 15 is 0 Å². The Balaban J connectivity index is 0.000000144. The maximum absolute atomic E-state index is 5.25. The Bertz CT molecular complexity index is 773. The van der Waals surface area contributed by atoms with Gasteiger partial charge in [-0.2, -0.15) is 0 Å². The molecule has 22 heavy (non-hydrogen) atoms. The van der Waals surface area contributed by atoms with Crippen LogP contribution >= 0.6 is 11.3 Å². The van der Waals surface area contributed by atoms with Crippen LogP contribution in [0.4, 0.5) is 0 Å². The molecule has 0 aliphatic carbocycles. The van der Waals surface area contributed by atoms with Gasteiger partial charge in [0.15, 0.2) is 0 Å². The third-order valence-electron chi connectivity index (χ3n) is 3.26. The fraction of sp³-hybridized carbons (Fsp3) is 0.211. The Labute approximate surface area is 135 Å². The second-order valence-electron chi connectivity index (χ2n) is 4.68. The summed E-state index contributed by atoms with van der Waals surface area (Å²) in [6, 6.07) is 12.3. The first-order valence-corrected chi connectivity index (χ1v) is 8.35. The summed E-state index contributed by atoms with van der Waals surface area (Å²) < 4.78 is 5.25. The standard InChI is InChI=1S/C9H8O.C8H7NS.C2H6/c1-7-3-2-4-8-5-6-10-9(7)8;1-6-2-4-9-8-7(6)3-5-10-8;1-2/h2-6H,1H3;2-5H,1H3;1-2H3. The fourth-order valence-electron chi connectivity index (χ4n) is 2.15. The molecular formula is C19H21NOS. The van der Waals surface area contributed by atoms with Crippen LogP contribution in [0, 0.1) is 13.8 Å². The smallest absolute Gasteiger partial charge is 0.136 e. The third kappa shape index (κ3) is 3.55. The predicted molar refractivity (Wildman–Crippen MR) is 96.7 cm³/mol. The van der Waals surface area contributed by atoms with Crippen LogP contribution in [-0.2, 0) is 0 Å². The first-order valence-electron chi connectivity index (χ1n) is 7.47. The number of pyridine rings is 1. The number of thiophene rings is 1. The number of benzene rings is 1. The second kappa shape index (κ2) is 7.76. The number of fused-ring (bicyclic) bond motifs is 2. The van der Waals surface area contributed by atoms with E-state index in [1.165, 1.54) is 21.9 Å². The molecule has 3 heterocycles. The van der Waals surface area contributed by atoms with Crippen LogP contribution < -0.4 is 0 Å². The first kappa shape index (κ1) is 16.2. The van der Waals surface area contributed by atoms with Gasteiger partial charge < -0.3 is 4.42 Å². The minimum absolute atomic E-state index is 1.00. The average Bonchev–Trinajstić information content (AvgIpc) is 3.20. The van der Waals surface area contributed by atoms with Crippen molar-refractivity contribution < 1.29 is 4.42 Å². The summed E-state index contributed by atoms with van der Waals surface area (Å²) in [4.78, 5) is 5.36. The minimum Gasteiger partial charge on any atom is -0.464 e. The van der Waals surface area contributed by atoms with Crippen LogP contribution in [0.25, 0.3) is 21.2 Å². The van der Waals surface area contributed by atoms with Gasteiger partial charge in [-0.05, 0) is 48.6 Å². The molecule has 0 spiro atoms. The molecule has 114 valence electrons. The summed E-state index contributed by atoms with van der Waals surface area (Å²) in [5, 5.41) is 4.54. The summed E-state index contributed by atoms with van der Waals surface area (Å²) in [6.07, 6.45) is 3.58. The number of aromatic nitrogens is 1. The Morgan fingerprint density at radius 3 is 2.50 bits per heavy atom. The van der Waals surface area contributed by atoms with Crippen molar-refractivity contribution in [2.45, 2.75) is 27.7 Å². The lowest BCUT2D eigenvalue weighted by Crippen LogP contribution is -1.74. The summed E-state index contributed by atoms with van der Waals surface area (Å²) in [7, 11) is 0. The Hall–Kier alpha value is -2.13. The monoisotopic (exact) mass is 311 g/mol. The number of aryl methyl sites for hydroxylation is 2.